The Labute approximate surface area is 168 Å². The number of halogens is 1. The minimum atomic E-state index is -3.93. The van der Waals surface area contributed by atoms with Gasteiger partial charge in [-0.25, -0.2) is 13.2 Å². The van der Waals surface area contributed by atoms with Gasteiger partial charge in [0.15, 0.2) is 0 Å². The van der Waals surface area contributed by atoms with Crippen LogP contribution in [0.25, 0.3) is 0 Å². The van der Waals surface area contributed by atoms with E-state index in [1.165, 1.54) is 34.9 Å². The second-order valence-corrected chi connectivity index (χ2v) is 8.38. The first-order chi connectivity index (χ1) is 13.4. The fraction of sp³-hybridized carbons (Fsp3) is 0.100. The number of pyridine rings is 1. The third kappa shape index (κ3) is 4.56. The molecule has 0 saturated heterocycles. The molecule has 0 radical (unpaired) electrons. The van der Waals surface area contributed by atoms with Gasteiger partial charge in [0.05, 0.1) is 10.6 Å². The lowest BCUT2D eigenvalue weighted by Gasteiger charge is -2.23. The van der Waals surface area contributed by atoms with Crippen molar-refractivity contribution in [2.24, 2.45) is 0 Å². The van der Waals surface area contributed by atoms with Crippen LogP contribution in [0.2, 0.25) is 5.02 Å². The maximum absolute atomic E-state index is 13.2. The number of rotatable bonds is 7. The number of aromatic nitrogens is 1. The van der Waals surface area contributed by atoms with Crippen LogP contribution in [0.4, 0.5) is 0 Å². The molecule has 0 fully saturated rings. The molecule has 28 heavy (non-hydrogen) atoms. The van der Waals surface area contributed by atoms with Gasteiger partial charge in [-0.3, -0.25) is 4.98 Å². The molecule has 2 aromatic carbocycles. The minimum Gasteiger partial charge on any atom is -0.478 e. The zero-order chi connectivity index (χ0) is 20.1. The number of carboxylic acids is 1. The Hall–Kier alpha value is -2.74. The van der Waals surface area contributed by atoms with Crippen LogP contribution >= 0.6 is 11.6 Å². The van der Waals surface area contributed by atoms with Crippen LogP contribution in [0.15, 0.2) is 78.0 Å². The van der Waals surface area contributed by atoms with Crippen molar-refractivity contribution in [1.29, 1.82) is 0 Å². The molecule has 0 saturated carbocycles. The number of nitrogens with zero attached hydrogens (tertiary/aromatic N) is 2. The van der Waals surface area contributed by atoms with E-state index in [-0.39, 0.29) is 28.6 Å². The second kappa shape index (κ2) is 8.52. The van der Waals surface area contributed by atoms with E-state index in [0.717, 1.165) is 5.56 Å². The second-order valence-electron chi connectivity index (χ2n) is 6.07. The molecule has 3 rings (SSSR count). The van der Waals surface area contributed by atoms with Crippen molar-refractivity contribution >= 4 is 27.6 Å². The summed E-state index contributed by atoms with van der Waals surface area (Å²) in [5.74, 6) is -1.04. The van der Waals surface area contributed by atoms with Crippen LogP contribution < -0.4 is 0 Å². The zero-order valence-corrected chi connectivity index (χ0v) is 16.3. The first-order valence-electron chi connectivity index (χ1n) is 8.34. The van der Waals surface area contributed by atoms with Gasteiger partial charge in [0.1, 0.15) is 4.90 Å². The Balaban J connectivity index is 1.97. The van der Waals surface area contributed by atoms with E-state index in [1.807, 2.05) is 30.3 Å². The largest absolute Gasteiger partial charge is 0.478 e. The molecule has 0 spiro atoms. The van der Waals surface area contributed by atoms with E-state index < -0.39 is 16.0 Å². The summed E-state index contributed by atoms with van der Waals surface area (Å²) in [4.78, 5) is 14.8. The third-order valence-corrected chi connectivity index (χ3v) is 6.37. The Morgan fingerprint density at radius 1 is 0.964 bits per heavy atom. The molecule has 6 nitrogen and oxygen atoms in total. The Kier molecular flexibility index (Phi) is 6.08. The van der Waals surface area contributed by atoms with Crippen molar-refractivity contribution in [2.45, 2.75) is 18.0 Å². The van der Waals surface area contributed by atoms with Crippen molar-refractivity contribution < 1.29 is 18.3 Å². The van der Waals surface area contributed by atoms with E-state index in [0.29, 0.717) is 5.56 Å². The lowest BCUT2D eigenvalue weighted by molar-refractivity contribution is 0.0697. The van der Waals surface area contributed by atoms with Crippen molar-refractivity contribution in [2.75, 3.05) is 0 Å². The molecule has 144 valence electrons. The number of carbonyl (C=O) groups is 1. The summed E-state index contributed by atoms with van der Waals surface area (Å²) in [5.41, 5.74) is 1.61. The molecule has 1 N–H and O–H groups in total. The van der Waals surface area contributed by atoms with E-state index in [9.17, 15) is 13.2 Å². The molecule has 0 unspecified atom stereocenters. The fourth-order valence-electron chi connectivity index (χ4n) is 2.66. The summed E-state index contributed by atoms with van der Waals surface area (Å²) in [6.07, 6.45) is 2.65. The number of hydrogen-bond donors (Lipinski definition) is 1. The van der Waals surface area contributed by atoms with Crippen molar-refractivity contribution in [3.05, 3.63) is 94.8 Å². The summed E-state index contributed by atoms with van der Waals surface area (Å²) in [6, 6.07) is 16.7. The monoisotopic (exact) mass is 416 g/mol. The summed E-state index contributed by atoms with van der Waals surface area (Å²) in [5, 5.41) is 9.12. The highest BCUT2D eigenvalue weighted by atomic mass is 35.5. The molecule has 0 aliphatic rings. The zero-order valence-electron chi connectivity index (χ0n) is 14.7. The van der Waals surface area contributed by atoms with Crippen LogP contribution in [0, 0.1) is 0 Å². The van der Waals surface area contributed by atoms with E-state index >= 15 is 0 Å². The van der Waals surface area contributed by atoms with Gasteiger partial charge in [0.2, 0.25) is 10.0 Å². The average molecular weight is 417 g/mol. The van der Waals surface area contributed by atoms with Gasteiger partial charge < -0.3 is 5.11 Å². The molecule has 0 amide bonds. The van der Waals surface area contributed by atoms with Gasteiger partial charge in [0.25, 0.3) is 0 Å². The van der Waals surface area contributed by atoms with E-state index in [4.69, 9.17) is 16.7 Å². The van der Waals surface area contributed by atoms with Crippen LogP contribution in [0.5, 0.6) is 0 Å². The van der Waals surface area contributed by atoms with Crippen molar-refractivity contribution in [3.8, 4) is 0 Å². The Morgan fingerprint density at radius 3 is 2.14 bits per heavy atom. The first-order valence-corrected chi connectivity index (χ1v) is 10.2. The van der Waals surface area contributed by atoms with Crippen LogP contribution in [0.1, 0.15) is 21.5 Å². The topological polar surface area (TPSA) is 87.6 Å². The molecule has 1 aromatic heterocycles. The molecule has 1 heterocycles. The van der Waals surface area contributed by atoms with Crippen molar-refractivity contribution in [3.63, 3.8) is 0 Å². The summed E-state index contributed by atoms with van der Waals surface area (Å²) < 4.78 is 27.8. The average Bonchev–Trinajstić information content (AvgIpc) is 2.69. The molecule has 0 atom stereocenters. The summed E-state index contributed by atoms with van der Waals surface area (Å²) in [7, 11) is -3.93. The van der Waals surface area contributed by atoms with Crippen LogP contribution in [0.3, 0.4) is 0 Å². The number of sulfonamides is 1. The molecule has 0 aliphatic carbocycles. The van der Waals surface area contributed by atoms with Gasteiger partial charge in [-0.05, 0) is 29.3 Å². The van der Waals surface area contributed by atoms with Crippen molar-refractivity contribution in [1.82, 2.24) is 9.29 Å². The maximum Gasteiger partial charge on any atom is 0.335 e. The number of benzene rings is 2. The van der Waals surface area contributed by atoms with Gasteiger partial charge in [-0.2, -0.15) is 4.31 Å². The normalized spacial score (nSPS) is 11.5. The highest BCUT2D eigenvalue weighted by Crippen LogP contribution is 2.26. The molecule has 3 aromatic rings. The Morgan fingerprint density at radius 2 is 1.57 bits per heavy atom. The number of aromatic carboxylic acids is 1. The first kappa shape index (κ1) is 20.0. The highest BCUT2D eigenvalue weighted by molar-refractivity contribution is 7.89. The minimum absolute atomic E-state index is 0.0579. The SMILES string of the molecule is O=C(O)c1ccc(CN(Cc2ccccc2)S(=O)(=O)c2cnccc2Cl)cc1. The van der Waals surface area contributed by atoms with E-state index in [2.05, 4.69) is 4.98 Å². The quantitative estimate of drug-likeness (QED) is 0.632. The number of hydrogen-bond acceptors (Lipinski definition) is 4. The van der Waals surface area contributed by atoms with Gasteiger partial charge in [-0.15, -0.1) is 0 Å². The van der Waals surface area contributed by atoms with Crippen LogP contribution in [-0.4, -0.2) is 28.8 Å². The lowest BCUT2D eigenvalue weighted by Crippen LogP contribution is -2.30. The molecule has 0 aliphatic heterocycles. The predicted octanol–water partition coefficient (Wildman–Crippen LogP) is 3.82. The van der Waals surface area contributed by atoms with Crippen LogP contribution in [-0.2, 0) is 23.1 Å². The number of carboxylic acid groups (broad SMARTS) is 1. The van der Waals surface area contributed by atoms with Gasteiger partial charge in [-0.1, -0.05) is 54.1 Å². The Bertz CT molecular complexity index is 1070. The highest BCUT2D eigenvalue weighted by Gasteiger charge is 2.27. The standard InChI is InChI=1S/C20H17ClN2O4S/c21-18-10-11-22-12-19(18)28(26,27)23(13-15-4-2-1-3-5-15)14-16-6-8-17(9-7-16)20(24)25/h1-12H,13-14H2,(H,24,25). The summed E-state index contributed by atoms with van der Waals surface area (Å²) >= 11 is 6.10. The van der Waals surface area contributed by atoms with E-state index in [1.54, 1.807) is 12.1 Å². The molecular weight excluding hydrogens is 400 g/mol. The molecule has 0 bridgehead atoms. The molecular formula is C20H17ClN2O4S. The molecule has 8 heteroatoms. The third-order valence-electron chi connectivity index (χ3n) is 4.11. The smallest absolute Gasteiger partial charge is 0.335 e. The van der Waals surface area contributed by atoms with Gasteiger partial charge >= 0.3 is 5.97 Å². The maximum atomic E-state index is 13.2. The summed E-state index contributed by atoms with van der Waals surface area (Å²) in [6.45, 7) is 0.192. The van der Waals surface area contributed by atoms with Gasteiger partial charge in [0, 0.05) is 25.5 Å². The lowest BCUT2D eigenvalue weighted by atomic mass is 10.1. The fourth-order valence-corrected chi connectivity index (χ4v) is 4.48. The predicted molar refractivity (Wildman–Crippen MR) is 106 cm³/mol.